The Balaban J connectivity index is 2.03. The molecule has 6 nitrogen and oxygen atoms in total. The van der Waals surface area contributed by atoms with E-state index in [1.54, 1.807) is 6.33 Å². The zero-order chi connectivity index (χ0) is 13.1. The lowest BCUT2D eigenvalue weighted by atomic mass is 10.2. The van der Waals surface area contributed by atoms with Crippen molar-refractivity contribution >= 4 is 5.91 Å². The van der Waals surface area contributed by atoms with Crippen LogP contribution in [-0.2, 0) is 11.8 Å². The molecule has 2 unspecified atom stereocenters. The van der Waals surface area contributed by atoms with Crippen LogP contribution in [0.15, 0.2) is 6.33 Å². The van der Waals surface area contributed by atoms with Crippen LogP contribution in [0.2, 0.25) is 0 Å². The number of nitrogens with one attached hydrogen (secondary N) is 1. The van der Waals surface area contributed by atoms with Crippen LogP contribution in [0.1, 0.15) is 38.6 Å². The summed E-state index contributed by atoms with van der Waals surface area (Å²) in [4.78, 5) is 14.2. The van der Waals surface area contributed by atoms with Gasteiger partial charge in [0.05, 0.1) is 12.1 Å². The van der Waals surface area contributed by atoms with Gasteiger partial charge in [0.2, 0.25) is 5.91 Å². The summed E-state index contributed by atoms with van der Waals surface area (Å²) in [5.74, 6) is 1.01. The van der Waals surface area contributed by atoms with E-state index in [1.165, 1.54) is 0 Å². The molecule has 6 heteroatoms. The average Bonchev–Trinajstić information content (AvgIpc) is 2.93. The van der Waals surface area contributed by atoms with Gasteiger partial charge in [0, 0.05) is 13.6 Å². The molecule has 0 radical (unpaired) electrons. The van der Waals surface area contributed by atoms with Crippen LogP contribution >= 0.6 is 0 Å². The minimum absolute atomic E-state index is 0.0153. The Bertz CT molecular complexity index is 416. The van der Waals surface area contributed by atoms with Gasteiger partial charge in [-0.1, -0.05) is 6.92 Å². The lowest BCUT2D eigenvalue weighted by Gasteiger charge is -2.24. The minimum atomic E-state index is -0.0272. The van der Waals surface area contributed by atoms with Crippen LogP contribution in [-0.4, -0.2) is 44.7 Å². The standard InChI is InChI=1S/C12H21N5O/c1-4-6-13-10-5-7-17(12(10)18)9(2)11-15-14-8-16(11)3/h8-10,13H,4-7H2,1-3H3. The van der Waals surface area contributed by atoms with Crippen LogP contribution in [0.4, 0.5) is 0 Å². The van der Waals surface area contributed by atoms with E-state index in [2.05, 4.69) is 22.4 Å². The molecule has 1 aromatic heterocycles. The van der Waals surface area contributed by atoms with E-state index in [4.69, 9.17) is 0 Å². The van der Waals surface area contributed by atoms with Crippen molar-refractivity contribution in [3.63, 3.8) is 0 Å². The largest absolute Gasteiger partial charge is 0.331 e. The van der Waals surface area contributed by atoms with Crippen molar-refractivity contribution in [1.29, 1.82) is 0 Å². The van der Waals surface area contributed by atoms with Gasteiger partial charge >= 0.3 is 0 Å². The lowest BCUT2D eigenvalue weighted by molar-refractivity contribution is -0.131. The number of carbonyl (C=O) groups excluding carboxylic acids is 1. The molecule has 100 valence electrons. The van der Waals surface area contributed by atoms with Crippen molar-refractivity contribution in [3.8, 4) is 0 Å². The van der Waals surface area contributed by atoms with Gasteiger partial charge in [-0.05, 0) is 26.3 Å². The molecule has 1 saturated heterocycles. The molecule has 18 heavy (non-hydrogen) atoms. The zero-order valence-corrected chi connectivity index (χ0v) is 11.3. The Morgan fingerprint density at radius 1 is 1.61 bits per heavy atom. The third-order valence-electron chi connectivity index (χ3n) is 3.47. The number of hydrogen-bond acceptors (Lipinski definition) is 4. The van der Waals surface area contributed by atoms with Crippen LogP contribution in [0.5, 0.6) is 0 Å². The molecule has 0 aromatic carbocycles. The molecule has 0 aliphatic carbocycles. The molecular formula is C12H21N5O. The Hall–Kier alpha value is -1.43. The first-order valence-electron chi connectivity index (χ1n) is 6.53. The van der Waals surface area contributed by atoms with Gasteiger partial charge in [-0.25, -0.2) is 0 Å². The van der Waals surface area contributed by atoms with E-state index in [-0.39, 0.29) is 18.0 Å². The van der Waals surface area contributed by atoms with E-state index in [1.807, 2.05) is 23.4 Å². The molecule has 1 aliphatic rings. The highest BCUT2D eigenvalue weighted by Crippen LogP contribution is 2.23. The molecule has 2 atom stereocenters. The summed E-state index contributed by atoms with van der Waals surface area (Å²) in [6.45, 7) is 5.79. The van der Waals surface area contributed by atoms with E-state index in [9.17, 15) is 4.79 Å². The minimum Gasteiger partial charge on any atom is -0.331 e. The maximum absolute atomic E-state index is 12.3. The first kappa shape index (κ1) is 13.0. The molecule has 1 aliphatic heterocycles. The van der Waals surface area contributed by atoms with Gasteiger partial charge in [-0.15, -0.1) is 10.2 Å². The predicted octanol–water partition coefficient (Wildman–Crippen LogP) is 0.477. The number of amides is 1. The maximum atomic E-state index is 12.3. The predicted molar refractivity (Wildman–Crippen MR) is 67.8 cm³/mol. The average molecular weight is 251 g/mol. The molecule has 0 saturated carbocycles. The molecule has 0 spiro atoms. The summed E-state index contributed by atoms with van der Waals surface area (Å²) in [6, 6.07) is -0.0425. The highest BCUT2D eigenvalue weighted by Gasteiger charge is 2.35. The fourth-order valence-corrected chi connectivity index (χ4v) is 2.40. The summed E-state index contributed by atoms with van der Waals surface area (Å²) in [5, 5.41) is 11.2. The second-order valence-corrected chi connectivity index (χ2v) is 4.80. The van der Waals surface area contributed by atoms with Gasteiger partial charge in [0.1, 0.15) is 6.33 Å². The molecule has 1 aromatic rings. The SMILES string of the molecule is CCCNC1CCN(C(C)c2nncn2C)C1=O. The van der Waals surface area contributed by atoms with Gasteiger partial charge in [-0.2, -0.15) is 0 Å². The first-order chi connectivity index (χ1) is 8.65. The zero-order valence-electron chi connectivity index (χ0n) is 11.3. The monoisotopic (exact) mass is 251 g/mol. The highest BCUT2D eigenvalue weighted by atomic mass is 16.2. The number of carbonyl (C=O) groups is 1. The Morgan fingerprint density at radius 3 is 3.00 bits per heavy atom. The van der Waals surface area contributed by atoms with Crippen LogP contribution in [0.25, 0.3) is 0 Å². The van der Waals surface area contributed by atoms with Gasteiger partial charge in [-0.3, -0.25) is 4.79 Å². The summed E-state index contributed by atoms with van der Waals surface area (Å²) in [6.07, 6.45) is 3.59. The van der Waals surface area contributed by atoms with Crippen molar-refractivity contribution in [3.05, 3.63) is 12.2 Å². The first-order valence-corrected chi connectivity index (χ1v) is 6.53. The number of rotatable bonds is 5. The van der Waals surface area contributed by atoms with E-state index < -0.39 is 0 Å². The number of hydrogen-bond donors (Lipinski definition) is 1. The van der Waals surface area contributed by atoms with Crippen molar-refractivity contribution < 1.29 is 4.79 Å². The molecular weight excluding hydrogens is 230 g/mol. The van der Waals surface area contributed by atoms with Gasteiger partial charge in [0.25, 0.3) is 0 Å². The lowest BCUT2D eigenvalue weighted by Crippen LogP contribution is -2.39. The fraction of sp³-hybridized carbons (Fsp3) is 0.750. The molecule has 2 rings (SSSR count). The van der Waals surface area contributed by atoms with E-state index in [0.717, 1.165) is 31.8 Å². The third kappa shape index (κ3) is 2.38. The van der Waals surface area contributed by atoms with Crippen LogP contribution in [0, 0.1) is 0 Å². The fourth-order valence-electron chi connectivity index (χ4n) is 2.40. The summed E-state index contributed by atoms with van der Waals surface area (Å²) in [5.41, 5.74) is 0. The summed E-state index contributed by atoms with van der Waals surface area (Å²) >= 11 is 0. The van der Waals surface area contributed by atoms with Crippen molar-refractivity contribution in [2.75, 3.05) is 13.1 Å². The number of aryl methyl sites for hydroxylation is 1. The van der Waals surface area contributed by atoms with Crippen LogP contribution < -0.4 is 5.32 Å². The second-order valence-electron chi connectivity index (χ2n) is 4.80. The van der Waals surface area contributed by atoms with Crippen molar-refractivity contribution in [2.24, 2.45) is 7.05 Å². The normalized spacial score (nSPS) is 21.6. The third-order valence-corrected chi connectivity index (χ3v) is 3.47. The van der Waals surface area contributed by atoms with Crippen LogP contribution in [0.3, 0.4) is 0 Å². The molecule has 0 bridgehead atoms. The topological polar surface area (TPSA) is 63.0 Å². The number of nitrogens with zero attached hydrogens (tertiary/aromatic N) is 4. The van der Waals surface area contributed by atoms with Gasteiger partial charge < -0.3 is 14.8 Å². The maximum Gasteiger partial charge on any atom is 0.240 e. The van der Waals surface area contributed by atoms with E-state index >= 15 is 0 Å². The summed E-state index contributed by atoms with van der Waals surface area (Å²) in [7, 11) is 1.90. The smallest absolute Gasteiger partial charge is 0.240 e. The van der Waals surface area contributed by atoms with Crippen molar-refractivity contribution in [2.45, 2.75) is 38.8 Å². The van der Waals surface area contributed by atoms with Gasteiger partial charge in [0.15, 0.2) is 5.82 Å². The number of aromatic nitrogens is 3. The molecule has 1 N–H and O–H groups in total. The highest BCUT2D eigenvalue weighted by molar-refractivity contribution is 5.84. The summed E-state index contributed by atoms with van der Waals surface area (Å²) < 4.78 is 1.87. The van der Waals surface area contributed by atoms with E-state index in [0.29, 0.717) is 0 Å². The molecule has 1 amide bonds. The Labute approximate surface area is 107 Å². The molecule has 1 fully saturated rings. The Kier molecular flexibility index (Phi) is 3.96. The Morgan fingerprint density at radius 2 is 2.39 bits per heavy atom. The van der Waals surface area contributed by atoms with Crippen molar-refractivity contribution in [1.82, 2.24) is 25.0 Å². The molecule has 2 heterocycles. The second kappa shape index (κ2) is 5.48. The number of likely N-dealkylation sites (tertiary alicyclic amines) is 1. The quantitative estimate of drug-likeness (QED) is 0.826.